The lowest BCUT2D eigenvalue weighted by molar-refractivity contribution is -0.136. The summed E-state index contributed by atoms with van der Waals surface area (Å²) in [5.41, 5.74) is 1.31. The monoisotopic (exact) mass is 234 g/mol. The van der Waals surface area contributed by atoms with Crippen molar-refractivity contribution in [3.63, 3.8) is 0 Å². The average Bonchev–Trinajstić information content (AvgIpc) is 2.75. The fourth-order valence-electron chi connectivity index (χ4n) is 2.22. The normalized spacial score (nSPS) is 20.6. The molecule has 0 amide bonds. The third-order valence-electron chi connectivity index (χ3n) is 3.06. The Balaban J connectivity index is 1.76. The molecule has 2 rings (SSSR count). The highest BCUT2D eigenvalue weighted by Crippen LogP contribution is 2.13. The largest absolute Gasteiger partial charge is 0.480 e. The quantitative estimate of drug-likeness (QED) is 0.796. The Morgan fingerprint density at radius 2 is 2.18 bits per heavy atom. The highest BCUT2D eigenvalue weighted by molar-refractivity contribution is 5.69. The van der Waals surface area contributed by atoms with E-state index in [0.717, 1.165) is 26.1 Å². The second-order valence-electron chi connectivity index (χ2n) is 4.48. The fourth-order valence-corrected chi connectivity index (χ4v) is 2.22. The van der Waals surface area contributed by atoms with E-state index >= 15 is 0 Å². The summed E-state index contributed by atoms with van der Waals surface area (Å²) in [5.74, 6) is -0.786. The molecule has 0 spiro atoms. The first-order valence-corrected chi connectivity index (χ1v) is 5.95. The molecule has 1 aliphatic rings. The zero-order valence-electron chi connectivity index (χ0n) is 9.80. The number of rotatable bonds is 5. The lowest BCUT2D eigenvalue weighted by atomic mass is 10.2. The van der Waals surface area contributed by atoms with Crippen molar-refractivity contribution in [2.75, 3.05) is 19.6 Å². The number of carboxylic acid groups (broad SMARTS) is 1. The second-order valence-corrected chi connectivity index (χ2v) is 4.48. The molecule has 92 valence electrons. The summed E-state index contributed by atoms with van der Waals surface area (Å²) in [5, 5.41) is 11.7. The zero-order valence-corrected chi connectivity index (χ0v) is 9.80. The smallest absolute Gasteiger partial charge is 0.317 e. The molecule has 1 unspecified atom stereocenters. The van der Waals surface area contributed by atoms with Gasteiger partial charge in [0.1, 0.15) is 0 Å². The molecule has 1 saturated heterocycles. The summed E-state index contributed by atoms with van der Waals surface area (Å²) in [6.07, 6.45) is 1.03. The van der Waals surface area contributed by atoms with Crippen LogP contribution >= 0.6 is 0 Å². The Morgan fingerprint density at radius 1 is 1.41 bits per heavy atom. The number of nitrogens with one attached hydrogen (secondary N) is 1. The molecular weight excluding hydrogens is 216 g/mol. The standard InChI is InChI=1S/C13H18N2O2/c16-13(17)8-14-12-6-7-15(10-12)9-11-4-2-1-3-5-11/h1-5,12,14H,6-10H2,(H,16,17). The highest BCUT2D eigenvalue weighted by Gasteiger charge is 2.22. The first-order chi connectivity index (χ1) is 8.24. The van der Waals surface area contributed by atoms with Gasteiger partial charge in [0.25, 0.3) is 0 Å². The van der Waals surface area contributed by atoms with Crippen molar-refractivity contribution in [3.8, 4) is 0 Å². The molecule has 4 nitrogen and oxygen atoms in total. The number of carbonyl (C=O) groups is 1. The van der Waals surface area contributed by atoms with Gasteiger partial charge in [-0.25, -0.2) is 0 Å². The van der Waals surface area contributed by atoms with Gasteiger partial charge < -0.3 is 10.4 Å². The van der Waals surface area contributed by atoms with Crippen LogP contribution in [-0.2, 0) is 11.3 Å². The van der Waals surface area contributed by atoms with Crippen LogP contribution in [0.4, 0.5) is 0 Å². The summed E-state index contributed by atoms with van der Waals surface area (Å²) >= 11 is 0. The van der Waals surface area contributed by atoms with Crippen molar-refractivity contribution in [1.82, 2.24) is 10.2 Å². The average molecular weight is 234 g/mol. The summed E-state index contributed by atoms with van der Waals surface area (Å²) < 4.78 is 0. The van der Waals surface area contributed by atoms with Gasteiger partial charge in [0.05, 0.1) is 6.54 Å². The zero-order chi connectivity index (χ0) is 12.1. The molecule has 1 heterocycles. The molecular formula is C13H18N2O2. The summed E-state index contributed by atoms with van der Waals surface area (Å²) in [6.45, 7) is 2.98. The van der Waals surface area contributed by atoms with Crippen LogP contribution < -0.4 is 5.32 Å². The topological polar surface area (TPSA) is 52.6 Å². The van der Waals surface area contributed by atoms with Crippen molar-refractivity contribution >= 4 is 5.97 Å². The summed E-state index contributed by atoms with van der Waals surface area (Å²) in [4.78, 5) is 12.8. The van der Waals surface area contributed by atoms with Gasteiger partial charge in [0.2, 0.25) is 0 Å². The Kier molecular flexibility index (Phi) is 4.12. The number of hydrogen-bond acceptors (Lipinski definition) is 3. The van der Waals surface area contributed by atoms with E-state index in [1.54, 1.807) is 0 Å². The number of benzene rings is 1. The van der Waals surface area contributed by atoms with Crippen molar-refractivity contribution in [2.45, 2.75) is 19.0 Å². The Hall–Kier alpha value is -1.39. The molecule has 1 fully saturated rings. The van der Waals surface area contributed by atoms with E-state index in [-0.39, 0.29) is 6.54 Å². The van der Waals surface area contributed by atoms with E-state index in [4.69, 9.17) is 5.11 Å². The summed E-state index contributed by atoms with van der Waals surface area (Å²) in [7, 11) is 0. The lowest BCUT2D eigenvalue weighted by Crippen LogP contribution is -2.35. The van der Waals surface area contributed by atoms with Gasteiger partial charge in [0.15, 0.2) is 0 Å². The molecule has 0 aromatic heterocycles. The van der Waals surface area contributed by atoms with Gasteiger partial charge in [-0.15, -0.1) is 0 Å². The number of hydrogen-bond donors (Lipinski definition) is 2. The van der Waals surface area contributed by atoms with Crippen molar-refractivity contribution < 1.29 is 9.90 Å². The van der Waals surface area contributed by atoms with E-state index in [9.17, 15) is 4.79 Å². The first kappa shape index (κ1) is 12.1. The Labute approximate surface area is 101 Å². The number of carboxylic acids is 1. The number of aliphatic carboxylic acids is 1. The van der Waals surface area contributed by atoms with E-state index in [0.29, 0.717) is 6.04 Å². The van der Waals surface area contributed by atoms with Gasteiger partial charge in [-0.2, -0.15) is 0 Å². The van der Waals surface area contributed by atoms with Crippen LogP contribution in [0.5, 0.6) is 0 Å². The minimum Gasteiger partial charge on any atom is -0.480 e. The molecule has 0 radical (unpaired) electrons. The molecule has 0 bridgehead atoms. The predicted molar refractivity (Wildman–Crippen MR) is 65.8 cm³/mol. The Bertz CT molecular complexity index is 367. The third kappa shape index (κ3) is 3.84. The van der Waals surface area contributed by atoms with Gasteiger partial charge in [0, 0.05) is 25.7 Å². The van der Waals surface area contributed by atoms with Crippen LogP contribution in [0.15, 0.2) is 30.3 Å². The molecule has 1 atom stereocenters. The van der Waals surface area contributed by atoms with E-state index in [1.807, 2.05) is 18.2 Å². The summed E-state index contributed by atoms with van der Waals surface area (Å²) in [6, 6.07) is 10.7. The first-order valence-electron chi connectivity index (χ1n) is 5.95. The van der Waals surface area contributed by atoms with Crippen LogP contribution in [0.25, 0.3) is 0 Å². The van der Waals surface area contributed by atoms with Crippen LogP contribution in [-0.4, -0.2) is 41.7 Å². The second kappa shape index (κ2) is 5.80. The molecule has 1 aromatic carbocycles. The maximum atomic E-state index is 10.5. The van der Waals surface area contributed by atoms with Crippen molar-refractivity contribution in [1.29, 1.82) is 0 Å². The number of nitrogens with zero attached hydrogens (tertiary/aromatic N) is 1. The van der Waals surface area contributed by atoms with Crippen LogP contribution in [0.3, 0.4) is 0 Å². The third-order valence-corrected chi connectivity index (χ3v) is 3.06. The van der Waals surface area contributed by atoms with Gasteiger partial charge in [-0.05, 0) is 12.0 Å². The maximum Gasteiger partial charge on any atom is 0.317 e. The van der Waals surface area contributed by atoms with Crippen molar-refractivity contribution in [3.05, 3.63) is 35.9 Å². The van der Waals surface area contributed by atoms with Gasteiger partial charge in [-0.3, -0.25) is 9.69 Å². The molecule has 2 N–H and O–H groups in total. The van der Waals surface area contributed by atoms with Gasteiger partial charge >= 0.3 is 5.97 Å². The maximum absolute atomic E-state index is 10.5. The minimum atomic E-state index is -0.786. The molecule has 4 heteroatoms. The number of likely N-dealkylation sites (tertiary alicyclic amines) is 1. The fraction of sp³-hybridized carbons (Fsp3) is 0.462. The minimum absolute atomic E-state index is 0.0594. The van der Waals surface area contributed by atoms with E-state index in [2.05, 4.69) is 22.3 Å². The predicted octanol–water partition coefficient (Wildman–Crippen LogP) is 0.935. The Morgan fingerprint density at radius 3 is 2.88 bits per heavy atom. The van der Waals surface area contributed by atoms with Gasteiger partial charge in [-0.1, -0.05) is 30.3 Å². The SMILES string of the molecule is O=C(O)CNC1CCN(Cc2ccccc2)C1. The molecule has 1 aliphatic heterocycles. The van der Waals surface area contributed by atoms with E-state index in [1.165, 1.54) is 5.56 Å². The molecule has 0 aliphatic carbocycles. The highest BCUT2D eigenvalue weighted by atomic mass is 16.4. The van der Waals surface area contributed by atoms with E-state index < -0.39 is 5.97 Å². The molecule has 1 aromatic rings. The molecule has 0 saturated carbocycles. The molecule has 17 heavy (non-hydrogen) atoms. The lowest BCUT2D eigenvalue weighted by Gasteiger charge is -2.16. The van der Waals surface area contributed by atoms with Crippen LogP contribution in [0.2, 0.25) is 0 Å². The van der Waals surface area contributed by atoms with Crippen LogP contribution in [0, 0.1) is 0 Å². The van der Waals surface area contributed by atoms with Crippen molar-refractivity contribution in [2.24, 2.45) is 0 Å². The van der Waals surface area contributed by atoms with Crippen LogP contribution in [0.1, 0.15) is 12.0 Å².